The molecule has 0 unspecified atom stereocenters. The molecular formula is C21H16F3N3O2. The third-order valence-electron chi connectivity index (χ3n) is 4.04. The quantitative estimate of drug-likeness (QED) is 0.673. The molecule has 2 aromatic carbocycles. The molecule has 0 bridgehead atoms. The zero-order valence-electron chi connectivity index (χ0n) is 15.0. The number of anilines is 1. The van der Waals surface area contributed by atoms with Gasteiger partial charge < -0.3 is 10.6 Å². The summed E-state index contributed by atoms with van der Waals surface area (Å²) in [6, 6.07) is 14.5. The number of nitrogens with zero attached hydrogens (tertiary/aromatic N) is 1. The highest BCUT2D eigenvalue weighted by Gasteiger charge is 2.34. The molecule has 0 atom stereocenters. The Morgan fingerprint density at radius 2 is 1.72 bits per heavy atom. The van der Waals surface area contributed by atoms with Crippen LogP contribution in [0.2, 0.25) is 0 Å². The molecule has 0 aliphatic rings. The summed E-state index contributed by atoms with van der Waals surface area (Å²) in [4.78, 5) is 28.3. The molecule has 3 aromatic rings. The fourth-order valence-electron chi connectivity index (χ4n) is 2.67. The Hall–Kier alpha value is -3.68. The van der Waals surface area contributed by atoms with Crippen molar-refractivity contribution in [2.24, 2.45) is 0 Å². The summed E-state index contributed by atoms with van der Waals surface area (Å²) >= 11 is 0. The van der Waals surface area contributed by atoms with Crippen LogP contribution in [0.5, 0.6) is 0 Å². The number of rotatable bonds is 5. The minimum atomic E-state index is -4.62. The summed E-state index contributed by atoms with van der Waals surface area (Å²) < 4.78 is 39.2. The monoisotopic (exact) mass is 399 g/mol. The van der Waals surface area contributed by atoms with Crippen LogP contribution in [0.25, 0.3) is 0 Å². The molecule has 29 heavy (non-hydrogen) atoms. The van der Waals surface area contributed by atoms with E-state index in [0.717, 1.165) is 12.1 Å². The highest BCUT2D eigenvalue weighted by Crippen LogP contribution is 2.31. The van der Waals surface area contributed by atoms with Gasteiger partial charge in [-0.05, 0) is 42.0 Å². The molecule has 148 valence electrons. The zero-order chi connectivity index (χ0) is 20.9. The highest BCUT2D eigenvalue weighted by atomic mass is 19.4. The number of benzene rings is 2. The molecule has 0 fully saturated rings. The predicted molar refractivity (Wildman–Crippen MR) is 101 cm³/mol. The zero-order valence-corrected chi connectivity index (χ0v) is 15.0. The predicted octanol–water partition coefficient (Wildman–Crippen LogP) is 4.28. The van der Waals surface area contributed by atoms with Crippen molar-refractivity contribution in [1.82, 2.24) is 10.3 Å². The first kappa shape index (κ1) is 20.1. The largest absolute Gasteiger partial charge is 0.417 e. The van der Waals surface area contributed by atoms with Crippen LogP contribution in [0.4, 0.5) is 18.9 Å². The van der Waals surface area contributed by atoms with E-state index < -0.39 is 23.2 Å². The number of aromatic nitrogens is 1. The molecule has 0 spiro atoms. The Labute approximate surface area is 164 Å². The average Bonchev–Trinajstić information content (AvgIpc) is 2.72. The lowest BCUT2D eigenvalue weighted by molar-refractivity contribution is -0.137. The summed E-state index contributed by atoms with van der Waals surface area (Å²) in [5.74, 6) is -1.18. The molecule has 1 heterocycles. The molecule has 1 aromatic heterocycles. The van der Waals surface area contributed by atoms with Crippen molar-refractivity contribution < 1.29 is 22.8 Å². The summed E-state index contributed by atoms with van der Waals surface area (Å²) in [5, 5.41) is 5.18. The topological polar surface area (TPSA) is 71.1 Å². The van der Waals surface area contributed by atoms with E-state index in [4.69, 9.17) is 0 Å². The molecule has 3 rings (SSSR count). The van der Waals surface area contributed by atoms with E-state index in [1.807, 2.05) is 0 Å². The Balaban J connectivity index is 1.67. The first-order valence-electron chi connectivity index (χ1n) is 8.59. The van der Waals surface area contributed by atoms with Gasteiger partial charge in [0.2, 0.25) is 0 Å². The second-order valence-corrected chi connectivity index (χ2v) is 6.12. The number of amides is 2. The number of halogens is 3. The summed E-state index contributed by atoms with van der Waals surface area (Å²) in [7, 11) is 0. The van der Waals surface area contributed by atoms with Crippen LogP contribution in [-0.2, 0) is 12.7 Å². The van der Waals surface area contributed by atoms with E-state index in [2.05, 4.69) is 15.6 Å². The third-order valence-corrected chi connectivity index (χ3v) is 4.04. The molecule has 5 nitrogen and oxygen atoms in total. The maximum atomic E-state index is 13.1. The fourth-order valence-corrected chi connectivity index (χ4v) is 2.67. The normalized spacial score (nSPS) is 11.0. The molecule has 0 aliphatic heterocycles. The van der Waals surface area contributed by atoms with E-state index >= 15 is 0 Å². The molecule has 0 saturated carbocycles. The van der Waals surface area contributed by atoms with Gasteiger partial charge in [-0.1, -0.05) is 24.3 Å². The number of hydrogen-bond donors (Lipinski definition) is 2. The van der Waals surface area contributed by atoms with Crippen LogP contribution in [0.1, 0.15) is 31.8 Å². The highest BCUT2D eigenvalue weighted by molar-refractivity contribution is 6.04. The van der Waals surface area contributed by atoms with Crippen molar-refractivity contribution in [2.75, 3.05) is 5.32 Å². The van der Waals surface area contributed by atoms with E-state index in [9.17, 15) is 22.8 Å². The molecule has 0 radical (unpaired) electrons. The molecule has 0 saturated heterocycles. The van der Waals surface area contributed by atoms with Gasteiger partial charge in [0, 0.05) is 24.6 Å². The van der Waals surface area contributed by atoms with E-state index in [1.54, 1.807) is 42.6 Å². The molecule has 8 heteroatoms. The smallest absolute Gasteiger partial charge is 0.348 e. The van der Waals surface area contributed by atoms with Gasteiger partial charge in [-0.2, -0.15) is 13.2 Å². The van der Waals surface area contributed by atoms with Crippen LogP contribution in [0.3, 0.4) is 0 Å². The van der Waals surface area contributed by atoms with Crippen molar-refractivity contribution in [3.63, 3.8) is 0 Å². The van der Waals surface area contributed by atoms with Gasteiger partial charge >= 0.3 is 6.18 Å². The number of hydrogen-bond acceptors (Lipinski definition) is 3. The fraction of sp³-hybridized carbons (Fsp3) is 0.0952. The number of carbonyl (C=O) groups is 2. The molecule has 2 N–H and O–H groups in total. The number of nitrogens with one attached hydrogen (secondary N) is 2. The summed E-state index contributed by atoms with van der Waals surface area (Å²) in [6.07, 6.45) is -1.64. The SMILES string of the molecule is O=C(Nc1cccc(CNC(=O)c2ccccc2C(F)(F)F)c1)c1cccnc1. The minimum absolute atomic E-state index is 0.00161. The van der Waals surface area contributed by atoms with Crippen molar-refractivity contribution in [3.05, 3.63) is 95.3 Å². The van der Waals surface area contributed by atoms with E-state index in [0.29, 0.717) is 16.8 Å². The second kappa shape index (κ2) is 8.55. The van der Waals surface area contributed by atoms with Crippen LogP contribution in [0, 0.1) is 0 Å². The first-order chi connectivity index (χ1) is 13.8. The van der Waals surface area contributed by atoms with Crippen molar-refractivity contribution in [1.29, 1.82) is 0 Å². The van der Waals surface area contributed by atoms with Crippen molar-refractivity contribution >= 4 is 17.5 Å². The standard InChI is InChI=1S/C21H16F3N3O2/c22-21(23,24)18-9-2-1-8-17(18)20(29)26-12-14-5-3-7-16(11-14)27-19(28)15-6-4-10-25-13-15/h1-11,13H,12H2,(H,26,29)(H,27,28). The lowest BCUT2D eigenvalue weighted by Gasteiger charge is -2.13. The average molecular weight is 399 g/mol. The molecule has 0 aliphatic carbocycles. The van der Waals surface area contributed by atoms with Gasteiger partial charge in [0.1, 0.15) is 0 Å². The number of pyridine rings is 1. The van der Waals surface area contributed by atoms with Crippen molar-refractivity contribution in [2.45, 2.75) is 12.7 Å². The molecular weight excluding hydrogens is 383 g/mol. The van der Waals surface area contributed by atoms with Crippen LogP contribution in [-0.4, -0.2) is 16.8 Å². The van der Waals surface area contributed by atoms with Crippen LogP contribution < -0.4 is 10.6 Å². The van der Waals surface area contributed by atoms with Gasteiger partial charge in [0.05, 0.1) is 16.7 Å². The second-order valence-electron chi connectivity index (χ2n) is 6.12. The van der Waals surface area contributed by atoms with Gasteiger partial charge in [-0.25, -0.2) is 0 Å². The lowest BCUT2D eigenvalue weighted by Crippen LogP contribution is -2.26. The maximum absolute atomic E-state index is 13.1. The first-order valence-corrected chi connectivity index (χ1v) is 8.59. The van der Waals surface area contributed by atoms with E-state index in [-0.39, 0.29) is 12.5 Å². The Morgan fingerprint density at radius 3 is 2.45 bits per heavy atom. The van der Waals surface area contributed by atoms with Crippen molar-refractivity contribution in [3.8, 4) is 0 Å². The summed E-state index contributed by atoms with van der Waals surface area (Å²) in [6.45, 7) is 0.00161. The lowest BCUT2D eigenvalue weighted by atomic mass is 10.1. The van der Waals surface area contributed by atoms with Gasteiger partial charge in [-0.15, -0.1) is 0 Å². The van der Waals surface area contributed by atoms with Crippen LogP contribution in [0.15, 0.2) is 73.1 Å². The van der Waals surface area contributed by atoms with Gasteiger partial charge in [0.15, 0.2) is 0 Å². The van der Waals surface area contributed by atoms with E-state index in [1.165, 1.54) is 18.3 Å². The van der Waals surface area contributed by atoms with Crippen LogP contribution >= 0.6 is 0 Å². The number of carbonyl (C=O) groups excluding carboxylic acids is 2. The maximum Gasteiger partial charge on any atom is 0.417 e. The Bertz CT molecular complexity index is 1020. The summed E-state index contributed by atoms with van der Waals surface area (Å²) in [5.41, 5.74) is 0.0547. The van der Waals surface area contributed by atoms with Gasteiger partial charge in [0.25, 0.3) is 11.8 Å². The van der Waals surface area contributed by atoms with Gasteiger partial charge in [-0.3, -0.25) is 14.6 Å². The Kier molecular flexibility index (Phi) is 5.92. The number of alkyl halides is 3. The molecule has 2 amide bonds. The Morgan fingerprint density at radius 1 is 0.931 bits per heavy atom. The minimum Gasteiger partial charge on any atom is -0.348 e. The third kappa shape index (κ3) is 5.19.